The summed E-state index contributed by atoms with van der Waals surface area (Å²) in [5, 5.41) is 3.09. The van der Waals surface area contributed by atoms with Gasteiger partial charge in [-0.2, -0.15) is 13.2 Å². The van der Waals surface area contributed by atoms with Gasteiger partial charge < -0.3 is 10.2 Å². The first kappa shape index (κ1) is 21.1. The molecule has 0 aliphatic rings. The lowest BCUT2D eigenvalue weighted by Gasteiger charge is -2.25. The van der Waals surface area contributed by atoms with E-state index in [0.717, 1.165) is 49.8 Å². The van der Waals surface area contributed by atoms with Crippen LogP contribution in [-0.4, -0.2) is 25.4 Å². The average molecular weight is 359 g/mol. The molecule has 1 rings (SSSR count). The van der Waals surface area contributed by atoms with Crippen LogP contribution in [0.15, 0.2) is 24.3 Å². The van der Waals surface area contributed by atoms with Gasteiger partial charge in [-0.05, 0) is 37.1 Å². The van der Waals surface area contributed by atoms with Gasteiger partial charge in [-0.3, -0.25) is 0 Å². The summed E-state index contributed by atoms with van der Waals surface area (Å²) in [7, 11) is 0. The number of benzene rings is 1. The number of hydrogen-bond acceptors (Lipinski definition) is 2. The van der Waals surface area contributed by atoms with Gasteiger partial charge in [0.1, 0.15) is 0 Å². The third-order valence-electron chi connectivity index (χ3n) is 3.81. The predicted octanol–water partition coefficient (Wildman–Crippen LogP) is 5.51. The van der Waals surface area contributed by atoms with Crippen molar-refractivity contribution in [2.75, 3.05) is 23.3 Å². The minimum Gasteiger partial charge on any atom is -0.372 e. The molecule has 25 heavy (non-hydrogen) atoms. The van der Waals surface area contributed by atoms with Crippen LogP contribution in [-0.2, 0) is 0 Å². The summed E-state index contributed by atoms with van der Waals surface area (Å²) >= 11 is 0. The van der Waals surface area contributed by atoms with E-state index in [2.05, 4.69) is 24.1 Å². The van der Waals surface area contributed by atoms with Gasteiger partial charge in [-0.25, -0.2) is 10.1 Å². The number of carbonyl (C=O) groups excluding carboxylic acids is 1. The molecule has 0 unspecified atom stereocenters. The van der Waals surface area contributed by atoms with Crippen molar-refractivity contribution < 1.29 is 18.0 Å². The minimum atomic E-state index is -4.74. The third kappa shape index (κ3) is 9.22. The molecule has 0 fully saturated rings. The monoisotopic (exact) mass is 359 g/mol. The SMILES string of the molecule is CCCCCN(CCCCC)c1ccc(NC(=O)NC(F)(F)F)cc1. The summed E-state index contributed by atoms with van der Waals surface area (Å²) in [5.41, 5.74) is 1.35. The lowest BCUT2D eigenvalue weighted by Crippen LogP contribution is -2.40. The molecule has 0 aliphatic heterocycles. The number of nitrogens with zero attached hydrogens (tertiary/aromatic N) is 1. The maximum Gasteiger partial charge on any atom is 0.485 e. The van der Waals surface area contributed by atoms with Crippen LogP contribution in [0.5, 0.6) is 0 Å². The number of anilines is 2. The van der Waals surface area contributed by atoms with Gasteiger partial charge in [-0.1, -0.05) is 39.5 Å². The fourth-order valence-electron chi connectivity index (χ4n) is 2.52. The van der Waals surface area contributed by atoms with E-state index in [1.807, 2.05) is 12.1 Å². The highest BCUT2D eigenvalue weighted by Gasteiger charge is 2.29. The van der Waals surface area contributed by atoms with Crippen LogP contribution < -0.4 is 15.5 Å². The Bertz CT molecular complexity index is 493. The van der Waals surface area contributed by atoms with Crippen molar-refractivity contribution in [3.05, 3.63) is 24.3 Å². The van der Waals surface area contributed by atoms with Crippen LogP contribution in [0.3, 0.4) is 0 Å². The van der Waals surface area contributed by atoms with Crippen LogP contribution in [0.25, 0.3) is 0 Å². The van der Waals surface area contributed by atoms with E-state index in [-0.39, 0.29) is 0 Å². The third-order valence-corrected chi connectivity index (χ3v) is 3.81. The van der Waals surface area contributed by atoms with Crippen LogP contribution in [0, 0.1) is 0 Å². The molecule has 0 spiro atoms. The molecule has 0 atom stereocenters. The molecule has 2 amide bonds. The number of urea groups is 1. The summed E-state index contributed by atoms with van der Waals surface area (Å²) in [6.07, 6.45) is 2.12. The molecule has 1 aromatic rings. The number of rotatable bonds is 10. The highest BCUT2D eigenvalue weighted by Crippen LogP contribution is 2.20. The Labute approximate surface area is 147 Å². The van der Waals surface area contributed by atoms with E-state index in [1.165, 1.54) is 12.8 Å². The van der Waals surface area contributed by atoms with Gasteiger partial charge in [0.2, 0.25) is 0 Å². The number of hydrogen-bond donors (Lipinski definition) is 2. The Balaban J connectivity index is 2.65. The first-order valence-electron chi connectivity index (χ1n) is 8.86. The van der Waals surface area contributed by atoms with Crippen LogP contribution >= 0.6 is 0 Å². The van der Waals surface area contributed by atoms with Crippen molar-refractivity contribution >= 4 is 17.4 Å². The number of halogens is 3. The van der Waals surface area contributed by atoms with Gasteiger partial charge in [-0.15, -0.1) is 0 Å². The lowest BCUT2D eigenvalue weighted by molar-refractivity contribution is -0.144. The van der Waals surface area contributed by atoms with Gasteiger partial charge in [0, 0.05) is 24.5 Å². The Morgan fingerprint density at radius 1 is 0.960 bits per heavy atom. The van der Waals surface area contributed by atoms with E-state index in [9.17, 15) is 18.0 Å². The fraction of sp³-hybridized carbons (Fsp3) is 0.611. The molecule has 0 aromatic heterocycles. The molecule has 0 bridgehead atoms. The Hall–Kier alpha value is -1.92. The molecule has 0 radical (unpaired) electrons. The highest BCUT2D eigenvalue weighted by molar-refractivity contribution is 5.89. The molecule has 0 aliphatic carbocycles. The van der Waals surface area contributed by atoms with Crippen molar-refractivity contribution in [3.63, 3.8) is 0 Å². The molecule has 142 valence electrons. The summed E-state index contributed by atoms with van der Waals surface area (Å²) in [6.45, 7) is 6.24. The second-order valence-corrected chi connectivity index (χ2v) is 6.03. The Morgan fingerprint density at radius 2 is 1.48 bits per heavy atom. The van der Waals surface area contributed by atoms with Crippen molar-refractivity contribution in [3.8, 4) is 0 Å². The zero-order valence-electron chi connectivity index (χ0n) is 15.0. The van der Waals surface area contributed by atoms with Gasteiger partial charge in [0.25, 0.3) is 0 Å². The summed E-state index contributed by atoms with van der Waals surface area (Å²) < 4.78 is 36.3. The molecule has 4 nitrogen and oxygen atoms in total. The van der Waals surface area contributed by atoms with E-state index in [0.29, 0.717) is 5.69 Å². The number of alkyl halides is 3. The van der Waals surface area contributed by atoms with E-state index >= 15 is 0 Å². The molecule has 2 N–H and O–H groups in total. The predicted molar refractivity (Wildman–Crippen MR) is 95.9 cm³/mol. The van der Waals surface area contributed by atoms with E-state index < -0.39 is 12.3 Å². The molecule has 0 saturated heterocycles. The number of unbranched alkanes of at least 4 members (excludes halogenated alkanes) is 4. The first-order valence-corrected chi connectivity index (χ1v) is 8.86. The topological polar surface area (TPSA) is 44.4 Å². The second kappa shape index (κ2) is 10.8. The van der Waals surface area contributed by atoms with Gasteiger partial charge in [0.05, 0.1) is 0 Å². The average Bonchev–Trinajstić information content (AvgIpc) is 2.53. The standard InChI is InChI=1S/C18H28F3N3O/c1-3-5-7-13-24(14-8-6-4-2)16-11-9-15(10-12-16)22-17(25)23-18(19,20)21/h9-12H,3-8,13-14H2,1-2H3,(H2,22,23,25). The van der Waals surface area contributed by atoms with E-state index in [4.69, 9.17) is 0 Å². The summed E-state index contributed by atoms with van der Waals surface area (Å²) in [4.78, 5) is 13.5. The molecule has 0 saturated carbocycles. The quantitative estimate of drug-likeness (QED) is 0.427. The van der Waals surface area contributed by atoms with Crippen LogP contribution in [0.4, 0.5) is 29.3 Å². The smallest absolute Gasteiger partial charge is 0.372 e. The summed E-state index contributed by atoms with van der Waals surface area (Å²) in [5.74, 6) is 0. The zero-order chi connectivity index (χ0) is 18.7. The zero-order valence-corrected chi connectivity index (χ0v) is 15.0. The van der Waals surface area contributed by atoms with Gasteiger partial charge >= 0.3 is 12.3 Å². The fourth-order valence-corrected chi connectivity index (χ4v) is 2.52. The largest absolute Gasteiger partial charge is 0.485 e. The summed E-state index contributed by atoms with van der Waals surface area (Å²) in [6, 6.07) is 5.63. The lowest BCUT2D eigenvalue weighted by atomic mass is 10.2. The Morgan fingerprint density at radius 3 is 1.92 bits per heavy atom. The van der Waals surface area contributed by atoms with Crippen LogP contribution in [0.2, 0.25) is 0 Å². The van der Waals surface area contributed by atoms with E-state index in [1.54, 1.807) is 12.1 Å². The maximum atomic E-state index is 12.1. The number of carbonyl (C=O) groups is 1. The molecule has 7 heteroatoms. The molecule has 1 aromatic carbocycles. The first-order chi connectivity index (χ1) is 11.9. The second-order valence-electron chi connectivity index (χ2n) is 6.03. The number of amides is 2. The van der Waals surface area contributed by atoms with Gasteiger partial charge in [0.15, 0.2) is 0 Å². The maximum absolute atomic E-state index is 12.1. The van der Waals surface area contributed by atoms with Crippen molar-refractivity contribution in [2.24, 2.45) is 0 Å². The van der Waals surface area contributed by atoms with Crippen LogP contribution in [0.1, 0.15) is 52.4 Å². The molecular formula is C18H28F3N3O. The van der Waals surface area contributed by atoms with Crippen molar-refractivity contribution in [1.29, 1.82) is 0 Å². The normalized spacial score (nSPS) is 11.2. The van der Waals surface area contributed by atoms with Crippen molar-refractivity contribution in [1.82, 2.24) is 5.32 Å². The van der Waals surface area contributed by atoms with Crippen molar-refractivity contribution in [2.45, 2.75) is 58.7 Å². The minimum absolute atomic E-state index is 0.326. The number of nitrogens with one attached hydrogen (secondary N) is 2. The molecular weight excluding hydrogens is 331 g/mol. The highest BCUT2D eigenvalue weighted by atomic mass is 19.4. The molecule has 0 heterocycles. The Kier molecular flexibility index (Phi) is 9.16.